The van der Waals surface area contributed by atoms with E-state index in [1.807, 2.05) is 18.2 Å². The average Bonchev–Trinajstić information content (AvgIpc) is 3.41. The van der Waals surface area contributed by atoms with Crippen LogP contribution in [0.5, 0.6) is 0 Å². The number of esters is 1. The van der Waals surface area contributed by atoms with Crippen molar-refractivity contribution in [3.8, 4) is 0 Å². The monoisotopic (exact) mass is 432 g/mol. The number of fused-ring (bicyclic) bond motifs is 5. The summed E-state index contributed by atoms with van der Waals surface area (Å²) in [5, 5.41) is 3.47. The average molecular weight is 433 g/mol. The van der Waals surface area contributed by atoms with Crippen molar-refractivity contribution < 1.29 is 19.1 Å². The first-order valence-electron chi connectivity index (χ1n) is 11.1. The summed E-state index contributed by atoms with van der Waals surface area (Å²) in [5.74, 6) is -2.53. The van der Waals surface area contributed by atoms with Gasteiger partial charge in [0, 0.05) is 0 Å². The standard InChI is InChI=1S/C26H28N2O4/c1-24(2,3)16-10-12-17(13-11-16)25-14-15-26(27-25,23(31)32-4)20-19(25)21(29)28(22(20)30)18-8-6-5-7-9-18/h5-13,19-20,27H,14-15H2,1-4H3/t19-,20+,25+,26+/m0/s1. The van der Waals surface area contributed by atoms with Crippen molar-refractivity contribution in [3.63, 3.8) is 0 Å². The number of carbonyl (C=O) groups excluding carboxylic acids is 3. The normalized spacial score (nSPS) is 31.2. The number of ether oxygens (including phenoxy) is 1. The van der Waals surface area contributed by atoms with Crippen molar-refractivity contribution in [2.45, 2.75) is 50.1 Å². The predicted molar refractivity (Wildman–Crippen MR) is 120 cm³/mol. The maximum absolute atomic E-state index is 13.8. The summed E-state index contributed by atoms with van der Waals surface area (Å²) >= 11 is 0. The highest BCUT2D eigenvalue weighted by Gasteiger charge is 2.77. The van der Waals surface area contributed by atoms with E-state index in [1.54, 1.807) is 24.3 Å². The Kier molecular flexibility index (Phi) is 4.41. The van der Waals surface area contributed by atoms with Crippen LogP contribution < -0.4 is 10.2 Å². The fourth-order valence-electron chi connectivity index (χ4n) is 6.00. The number of carbonyl (C=O) groups is 3. The summed E-state index contributed by atoms with van der Waals surface area (Å²) in [7, 11) is 1.33. The molecule has 6 heteroatoms. The lowest BCUT2D eigenvalue weighted by molar-refractivity contribution is -0.152. The zero-order valence-corrected chi connectivity index (χ0v) is 18.8. The number of amides is 2. The summed E-state index contributed by atoms with van der Waals surface area (Å²) in [5.41, 5.74) is 0.666. The highest BCUT2D eigenvalue weighted by molar-refractivity contribution is 6.24. The first kappa shape index (κ1) is 20.9. The van der Waals surface area contributed by atoms with Crippen molar-refractivity contribution in [2.75, 3.05) is 12.0 Å². The summed E-state index contributed by atoms with van der Waals surface area (Å²) in [4.78, 5) is 41.7. The second-order valence-corrected chi connectivity index (χ2v) is 10.2. The zero-order valence-electron chi connectivity index (χ0n) is 18.8. The molecule has 2 amide bonds. The van der Waals surface area contributed by atoms with E-state index in [2.05, 4.69) is 38.2 Å². The highest BCUT2D eigenvalue weighted by atomic mass is 16.5. The molecule has 3 aliphatic heterocycles. The largest absolute Gasteiger partial charge is 0.468 e. The van der Waals surface area contributed by atoms with Gasteiger partial charge in [0.25, 0.3) is 0 Å². The number of methoxy groups -OCH3 is 1. The maximum Gasteiger partial charge on any atom is 0.326 e. The van der Waals surface area contributed by atoms with E-state index in [0.717, 1.165) is 5.56 Å². The molecule has 0 saturated carbocycles. The number of hydrogen-bond donors (Lipinski definition) is 1. The van der Waals surface area contributed by atoms with Crippen molar-refractivity contribution in [3.05, 3.63) is 65.7 Å². The highest BCUT2D eigenvalue weighted by Crippen LogP contribution is 2.61. The quantitative estimate of drug-likeness (QED) is 0.595. The lowest BCUT2D eigenvalue weighted by Crippen LogP contribution is -2.54. The first-order chi connectivity index (χ1) is 15.2. The van der Waals surface area contributed by atoms with Gasteiger partial charge in [-0.3, -0.25) is 19.7 Å². The molecule has 166 valence electrons. The van der Waals surface area contributed by atoms with Gasteiger partial charge in [0.15, 0.2) is 0 Å². The molecular weight excluding hydrogens is 404 g/mol. The van der Waals surface area contributed by atoms with Crippen LogP contribution >= 0.6 is 0 Å². The topological polar surface area (TPSA) is 75.7 Å². The van der Waals surface area contributed by atoms with Gasteiger partial charge in [0.1, 0.15) is 5.54 Å². The minimum atomic E-state index is -1.20. The number of rotatable bonds is 3. The van der Waals surface area contributed by atoms with Crippen LogP contribution in [0.15, 0.2) is 54.6 Å². The molecule has 6 nitrogen and oxygen atoms in total. The van der Waals surface area contributed by atoms with Gasteiger partial charge in [-0.1, -0.05) is 63.2 Å². The molecule has 32 heavy (non-hydrogen) atoms. The number of imide groups is 1. The molecule has 3 fully saturated rings. The van der Waals surface area contributed by atoms with Crippen molar-refractivity contribution in [1.29, 1.82) is 0 Å². The molecule has 0 aliphatic carbocycles. The third-order valence-corrected chi connectivity index (χ3v) is 7.56. The third-order valence-electron chi connectivity index (χ3n) is 7.56. The van der Waals surface area contributed by atoms with Gasteiger partial charge in [0.2, 0.25) is 11.8 Å². The summed E-state index contributed by atoms with van der Waals surface area (Å²) in [6, 6.07) is 17.2. The zero-order chi connectivity index (χ0) is 22.9. The smallest absolute Gasteiger partial charge is 0.326 e. The number of nitrogens with zero attached hydrogens (tertiary/aromatic N) is 1. The van der Waals surface area contributed by atoms with E-state index in [-0.39, 0.29) is 17.2 Å². The Hall–Kier alpha value is -2.99. The Labute approximate surface area is 187 Å². The Balaban J connectivity index is 1.65. The van der Waals surface area contributed by atoms with Gasteiger partial charge >= 0.3 is 5.97 Å². The Morgan fingerprint density at radius 1 is 0.969 bits per heavy atom. The van der Waals surface area contributed by atoms with Gasteiger partial charge in [-0.25, -0.2) is 4.90 Å². The summed E-state index contributed by atoms with van der Waals surface area (Å²) in [6.07, 6.45) is 1.03. The van der Waals surface area contributed by atoms with Gasteiger partial charge in [-0.05, 0) is 41.5 Å². The van der Waals surface area contributed by atoms with E-state index < -0.39 is 28.9 Å². The van der Waals surface area contributed by atoms with Crippen molar-refractivity contribution in [2.24, 2.45) is 11.8 Å². The lowest BCUT2D eigenvalue weighted by atomic mass is 9.65. The lowest BCUT2D eigenvalue weighted by Gasteiger charge is -2.34. The van der Waals surface area contributed by atoms with E-state index in [4.69, 9.17) is 4.74 Å². The number of hydrogen-bond acceptors (Lipinski definition) is 5. The van der Waals surface area contributed by atoms with E-state index in [1.165, 1.54) is 17.6 Å². The number of benzene rings is 2. The van der Waals surface area contributed by atoms with Crippen molar-refractivity contribution >= 4 is 23.5 Å². The first-order valence-corrected chi connectivity index (χ1v) is 11.1. The van der Waals surface area contributed by atoms with Crippen LogP contribution in [-0.2, 0) is 30.1 Å². The fourth-order valence-corrected chi connectivity index (χ4v) is 6.00. The fraction of sp³-hybridized carbons (Fsp3) is 0.423. The summed E-state index contributed by atoms with van der Waals surface area (Å²) < 4.78 is 5.15. The molecule has 2 aromatic carbocycles. The van der Waals surface area contributed by atoms with Gasteiger partial charge in [0.05, 0.1) is 30.2 Å². The molecule has 3 aliphatic rings. The van der Waals surface area contributed by atoms with E-state index in [0.29, 0.717) is 18.5 Å². The Morgan fingerprint density at radius 3 is 2.19 bits per heavy atom. The minimum Gasteiger partial charge on any atom is -0.468 e. The van der Waals surface area contributed by atoms with E-state index >= 15 is 0 Å². The van der Waals surface area contributed by atoms with E-state index in [9.17, 15) is 14.4 Å². The van der Waals surface area contributed by atoms with Crippen LogP contribution in [0, 0.1) is 11.8 Å². The van der Waals surface area contributed by atoms with Crippen LogP contribution in [-0.4, -0.2) is 30.4 Å². The SMILES string of the molecule is COC(=O)[C@]12CC[C@](c3ccc(C(C)(C)C)cc3)(N1)[C@@H]1C(=O)N(c3ccccc3)C(=O)[C@@H]12. The molecule has 0 aromatic heterocycles. The molecule has 3 saturated heterocycles. The number of anilines is 1. The van der Waals surface area contributed by atoms with Gasteiger partial charge in [-0.15, -0.1) is 0 Å². The van der Waals surface area contributed by atoms with Gasteiger partial charge in [-0.2, -0.15) is 0 Å². The van der Waals surface area contributed by atoms with Gasteiger partial charge < -0.3 is 4.74 Å². The molecule has 3 heterocycles. The number of nitrogens with one attached hydrogen (secondary N) is 1. The number of para-hydroxylation sites is 1. The van der Waals surface area contributed by atoms with Crippen molar-refractivity contribution in [1.82, 2.24) is 5.32 Å². The molecule has 0 spiro atoms. The Morgan fingerprint density at radius 2 is 1.59 bits per heavy atom. The second kappa shape index (κ2) is 6.75. The molecule has 0 radical (unpaired) electrons. The van der Waals surface area contributed by atoms with Crippen LogP contribution in [0.4, 0.5) is 5.69 Å². The molecule has 2 aromatic rings. The molecule has 0 unspecified atom stereocenters. The minimum absolute atomic E-state index is 0.00343. The molecular formula is C26H28N2O4. The Bertz CT molecular complexity index is 1100. The van der Waals surface area contributed by atoms with Crippen LogP contribution in [0.3, 0.4) is 0 Å². The third kappa shape index (κ3) is 2.59. The second-order valence-electron chi connectivity index (χ2n) is 10.2. The molecule has 2 bridgehead atoms. The van der Waals surface area contributed by atoms with Crippen LogP contribution in [0.1, 0.15) is 44.7 Å². The molecule has 1 N–H and O–H groups in total. The summed E-state index contributed by atoms with van der Waals surface area (Å²) in [6.45, 7) is 6.46. The predicted octanol–water partition coefficient (Wildman–Crippen LogP) is 3.29. The van der Waals surface area contributed by atoms with Crippen LogP contribution in [0.2, 0.25) is 0 Å². The maximum atomic E-state index is 13.8. The molecule has 5 rings (SSSR count). The van der Waals surface area contributed by atoms with Crippen LogP contribution in [0.25, 0.3) is 0 Å². The molecule has 4 atom stereocenters.